The molecule has 0 radical (unpaired) electrons. The Kier molecular flexibility index (Phi) is 4.70. The zero-order valence-corrected chi connectivity index (χ0v) is 13.8. The van der Waals surface area contributed by atoms with Crippen molar-refractivity contribution < 1.29 is 4.79 Å². The van der Waals surface area contributed by atoms with Crippen LogP contribution in [0.4, 0.5) is 5.82 Å². The van der Waals surface area contributed by atoms with E-state index in [9.17, 15) is 4.79 Å². The molecule has 1 heterocycles. The van der Waals surface area contributed by atoms with E-state index in [0.717, 1.165) is 16.5 Å². The fraction of sp³-hybridized carbons (Fsp3) is 0.211. The third-order valence-electron chi connectivity index (χ3n) is 3.73. The lowest BCUT2D eigenvalue weighted by molar-refractivity contribution is -0.121. The second kappa shape index (κ2) is 7.08. The van der Waals surface area contributed by atoms with E-state index < -0.39 is 0 Å². The molecule has 1 amide bonds. The van der Waals surface area contributed by atoms with E-state index in [-0.39, 0.29) is 11.9 Å². The van der Waals surface area contributed by atoms with Gasteiger partial charge in [-0.1, -0.05) is 42.5 Å². The molecule has 2 aromatic carbocycles. The minimum Gasteiger partial charge on any atom is -0.358 e. The minimum absolute atomic E-state index is 0.0542. The molecule has 1 atom stereocenters. The molecule has 0 saturated carbocycles. The topological polar surface area (TPSA) is 66.9 Å². The van der Waals surface area contributed by atoms with Crippen LogP contribution < -0.4 is 10.6 Å². The highest BCUT2D eigenvalue weighted by Crippen LogP contribution is 2.25. The molecule has 5 heteroatoms. The number of para-hydroxylation sites is 1. The molecule has 0 spiro atoms. The van der Waals surface area contributed by atoms with Crippen molar-refractivity contribution in [3.8, 4) is 11.4 Å². The number of carbonyl (C=O) groups is 1. The average molecular weight is 320 g/mol. The molecule has 2 N–H and O–H groups in total. The molecular formula is C19H20N4O. The standard InChI is InChI=1S/C19H20N4O/c1-3-20-19(24)13(2)21-18-15-11-7-8-12-16(15)22-17(23-18)14-9-5-4-6-10-14/h4-13H,3H2,1-2H3,(H,20,24)(H,21,22,23)/t13-/m1/s1. The summed E-state index contributed by atoms with van der Waals surface area (Å²) in [5, 5.41) is 6.93. The molecule has 0 aliphatic rings. The Labute approximate surface area is 141 Å². The maximum absolute atomic E-state index is 12.0. The van der Waals surface area contributed by atoms with Crippen LogP contribution in [0.2, 0.25) is 0 Å². The number of likely N-dealkylation sites (N-methyl/N-ethyl adjacent to an activating group) is 1. The highest BCUT2D eigenvalue weighted by Gasteiger charge is 2.15. The van der Waals surface area contributed by atoms with Crippen LogP contribution in [0.25, 0.3) is 22.3 Å². The van der Waals surface area contributed by atoms with Gasteiger partial charge >= 0.3 is 0 Å². The molecule has 0 unspecified atom stereocenters. The normalized spacial score (nSPS) is 11.9. The predicted molar refractivity (Wildman–Crippen MR) is 96.7 cm³/mol. The van der Waals surface area contributed by atoms with E-state index in [2.05, 4.69) is 20.6 Å². The Balaban J connectivity index is 2.03. The lowest BCUT2D eigenvalue weighted by atomic mass is 10.1. The number of fused-ring (bicyclic) bond motifs is 1. The first-order valence-electron chi connectivity index (χ1n) is 8.05. The summed E-state index contributed by atoms with van der Waals surface area (Å²) in [5.41, 5.74) is 1.79. The van der Waals surface area contributed by atoms with E-state index in [1.54, 1.807) is 0 Å². The number of nitrogens with zero attached hydrogens (tertiary/aromatic N) is 2. The fourth-order valence-electron chi connectivity index (χ4n) is 2.50. The maximum atomic E-state index is 12.0. The highest BCUT2D eigenvalue weighted by atomic mass is 16.2. The molecule has 122 valence electrons. The lowest BCUT2D eigenvalue weighted by Crippen LogP contribution is -2.37. The molecule has 0 aliphatic heterocycles. The zero-order chi connectivity index (χ0) is 16.9. The van der Waals surface area contributed by atoms with Crippen molar-refractivity contribution in [1.82, 2.24) is 15.3 Å². The number of benzene rings is 2. The van der Waals surface area contributed by atoms with Gasteiger partial charge in [-0.15, -0.1) is 0 Å². The number of aromatic nitrogens is 2. The van der Waals surface area contributed by atoms with Crippen LogP contribution in [0, 0.1) is 0 Å². The quantitative estimate of drug-likeness (QED) is 0.757. The summed E-state index contributed by atoms with van der Waals surface area (Å²) in [6, 6.07) is 17.2. The van der Waals surface area contributed by atoms with Gasteiger partial charge in [-0.3, -0.25) is 4.79 Å². The Hall–Kier alpha value is -2.95. The van der Waals surface area contributed by atoms with Crippen molar-refractivity contribution in [3.05, 3.63) is 54.6 Å². The van der Waals surface area contributed by atoms with E-state index in [0.29, 0.717) is 18.2 Å². The van der Waals surface area contributed by atoms with Crippen molar-refractivity contribution in [2.45, 2.75) is 19.9 Å². The average Bonchev–Trinajstić information content (AvgIpc) is 2.62. The van der Waals surface area contributed by atoms with E-state index >= 15 is 0 Å². The number of amides is 1. The third kappa shape index (κ3) is 3.35. The number of hydrogen-bond acceptors (Lipinski definition) is 4. The van der Waals surface area contributed by atoms with Gasteiger partial charge in [0.1, 0.15) is 11.9 Å². The lowest BCUT2D eigenvalue weighted by Gasteiger charge is -2.16. The van der Waals surface area contributed by atoms with Crippen LogP contribution in [-0.2, 0) is 4.79 Å². The van der Waals surface area contributed by atoms with Gasteiger partial charge in [-0.25, -0.2) is 9.97 Å². The molecule has 5 nitrogen and oxygen atoms in total. The van der Waals surface area contributed by atoms with E-state index in [4.69, 9.17) is 0 Å². The number of nitrogens with one attached hydrogen (secondary N) is 2. The van der Waals surface area contributed by atoms with Gasteiger partial charge in [0.05, 0.1) is 5.52 Å². The molecule has 0 fully saturated rings. The molecule has 0 saturated heterocycles. The van der Waals surface area contributed by atoms with Gasteiger partial charge < -0.3 is 10.6 Å². The van der Waals surface area contributed by atoms with Crippen molar-refractivity contribution in [2.24, 2.45) is 0 Å². The molecule has 24 heavy (non-hydrogen) atoms. The summed E-state index contributed by atoms with van der Waals surface area (Å²) in [6.45, 7) is 4.33. The van der Waals surface area contributed by atoms with Gasteiger partial charge in [-0.05, 0) is 26.0 Å². The van der Waals surface area contributed by atoms with Gasteiger partial charge in [-0.2, -0.15) is 0 Å². The number of hydrogen-bond donors (Lipinski definition) is 2. The highest BCUT2D eigenvalue weighted by molar-refractivity contribution is 5.93. The van der Waals surface area contributed by atoms with Gasteiger partial charge in [0, 0.05) is 17.5 Å². The first-order valence-corrected chi connectivity index (χ1v) is 8.05. The van der Waals surface area contributed by atoms with Gasteiger partial charge in [0.25, 0.3) is 0 Å². The Morgan fingerprint density at radius 2 is 1.75 bits per heavy atom. The third-order valence-corrected chi connectivity index (χ3v) is 3.73. The smallest absolute Gasteiger partial charge is 0.242 e. The van der Waals surface area contributed by atoms with Crippen LogP contribution in [0.5, 0.6) is 0 Å². The Bertz CT molecular complexity index is 848. The van der Waals surface area contributed by atoms with Crippen LogP contribution in [0.3, 0.4) is 0 Å². The Morgan fingerprint density at radius 1 is 1.04 bits per heavy atom. The largest absolute Gasteiger partial charge is 0.358 e. The van der Waals surface area contributed by atoms with Crippen LogP contribution >= 0.6 is 0 Å². The molecule has 1 aromatic heterocycles. The summed E-state index contributed by atoms with van der Waals surface area (Å²) in [4.78, 5) is 21.3. The summed E-state index contributed by atoms with van der Waals surface area (Å²) >= 11 is 0. The molecule has 3 aromatic rings. The molecule has 0 aliphatic carbocycles. The van der Waals surface area contributed by atoms with Gasteiger partial charge in [0.2, 0.25) is 5.91 Å². The first-order chi connectivity index (χ1) is 11.7. The number of rotatable bonds is 5. The summed E-state index contributed by atoms with van der Waals surface area (Å²) < 4.78 is 0. The van der Waals surface area contributed by atoms with Crippen LogP contribution in [0.1, 0.15) is 13.8 Å². The van der Waals surface area contributed by atoms with Crippen LogP contribution in [-0.4, -0.2) is 28.5 Å². The second-order valence-electron chi connectivity index (χ2n) is 5.54. The summed E-state index contributed by atoms with van der Waals surface area (Å²) in [7, 11) is 0. The molecule has 0 bridgehead atoms. The second-order valence-corrected chi connectivity index (χ2v) is 5.54. The van der Waals surface area contributed by atoms with Gasteiger partial charge in [0.15, 0.2) is 5.82 Å². The number of anilines is 1. The molecular weight excluding hydrogens is 300 g/mol. The summed E-state index contributed by atoms with van der Waals surface area (Å²) in [6.07, 6.45) is 0. The fourth-order valence-corrected chi connectivity index (χ4v) is 2.50. The minimum atomic E-state index is -0.383. The SMILES string of the molecule is CCNC(=O)[C@@H](C)Nc1nc(-c2ccccc2)nc2ccccc12. The van der Waals surface area contributed by atoms with Crippen molar-refractivity contribution in [3.63, 3.8) is 0 Å². The summed E-state index contributed by atoms with van der Waals surface area (Å²) in [5.74, 6) is 1.25. The monoisotopic (exact) mass is 320 g/mol. The number of carbonyl (C=O) groups excluding carboxylic acids is 1. The predicted octanol–water partition coefficient (Wildman–Crippen LogP) is 3.23. The van der Waals surface area contributed by atoms with Crippen molar-refractivity contribution in [2.75, 3.05) is 11.9 Å². The van der Waals surface area contributed by atoms with E-state index in [1.807, 2.05) is 68.4 Å². The van der Waals surface area contributed by atoms with Crippen LogP contribution in [0.15, 0.2) is 54.6 Å². The molecule has 3 rings (SSSR count). The first kappa shape index (κ1) is 15.9. The van der Waals surface area contributed by atoms with Crippen molar-refractivity contribution in [1.29, 1.82) is 0 Å². The van der Waals surface area contributed by atoms with Crippen molar-refractivity contribution >= 4 is 22.6 Å². The Morgan fingerprint density at radius 3 is 2.50 bits per heavy atom. The maximum Gasteiger partial charge on any atom is 0.242 e. The zero-order valence-electron chi connectivity index (χ0n) is 13.8. The van der Waals surface area contributed by atoms with E-state index in [1.165, 1.54) is 0 Å².